The van der Waals surface area contributed by atoms with Crippen molar-refractivity contribution in [2.75, 3.05) is 12.8 Å². The molecule has 0 aromatic carbocycles. The van der Waals surface area contributed by atoms with Gasteiger partial charge in [0.1, 0.15) is 0 Å². The van der Waals surface area contributed by atoms with Gasteiger partial charge in [-0.3, -0.25) is 4.79 Å². The Labute approximate surface area is 130 Å². The Bertz CT molecular complexity index is 379. The first kappa shape index (κ1) is 16.5. The second-order valence-electron chi connectivity index (χ2n) is 6.32. The molecule has 2 aliphatic rings. The van der Waals surface area contributed by atoms with Crippen molar-refractivity contribution >= 4 is 23.8 Å². The van der Waals surface area contributed by atoms with Gasteiger partial charge >= 0.3 is 12.0 Å². The van der Waals surface area contributed by atoms with E-state index in [1.54, 1.807) is 0 Å². The highest BCUT2D eigenvalue weighted by molar-refractivity contribution is 8.00. The molecule has 2 amide bonds. The number of aliphatic carboxylic acids is 1. The van der Waals surface area contributed by atoms with E-state index in [1.807, 2.05) is 11.8 Å². The molecule has 2 rings (SSSR count). The summed E-state index contributed by atoms with van der Waals surface area (Å²) in [6.45, 7) is 0.671. The second kappa shape index (κ2) is 7.38. The Hall–Kier alpha value is -0.910. The second-order valence-corrected chi connectivity index (χ2v) is 7.59. The van der Waals surface area contributed by atoms with E-state index in [9.17, 15) is 9.59 Å². The van der Waals surface area contributed by atoms with E-state index in [0.29, 0.717) is 12.5 Å². The number of thioether (sulfide) groups is 1. The molecule has 0 heterocycles. The fraction of sp³-hybridized carbons (Fsp3) is 0.867. The van der Waals surface area contributed by atoms with Crippen molar-refractivity contribution in [1.29, 1.82) is 0 Å². The molecule has 2 fully saturated rings. The number of carboxylic acids is 1. The summed E-state index contributed by atoms with van der Waals surface area (Å²) in [5, 5.41) is 14.7. The summed E-state index contributed by atoms with van der Waals surface area (Å²) in [4.78, 5) is 22.9. The van der Waals surface area contributed by atoms with E-state index in [1.165, 1.54) is 19.3 Å². The highest BCUT2D eigenvalue weighted by Gasteiger charge is 2.35. The van der Waals surface area contributed by atoms with Crippen LogP contribution in [0.4, 0.5) is 4.79 Å². The number of nitrogens with one attached hydrogen (secondary N) is 2. The summed E-state index contributed by atoms with van der Waals surface area (Å²) in [5.41, 5.74) is 0. The first-order valence-electron chi connectivity index (χ1n) is 7.86. The lowest BCUT2D eigenvalue weighted by Crippen LogP contribution is -2.49. The molecular formula is C15H26N2O3S. The van der Waals surface area contributed by atoms with Crippen molar-refractivity contribution in [2.24, 2.45) is 5.92 Å². The van der Waals surface area contributed by atoms with Gasteiger partial charge in [-0.2, -0.15) is 11.8 Å². The van der Waals surface area contributed by atoms with Crippen LogP contribution in [0.5, 0.6) is 0 Å². The third kappa shape index (κ3) is 5.09. The largest absolute Gasteiger partial charge is 0.481 e. The molecule has 0 aliphatic heterocycles. The van der Waals surface area contributed by atoms with Gasteiger partial charge in [0.15, 0.2) is 0 Å². The number of hydrogen-bond donors (Lipinski definition) is 3. The maximum absolute atomic E-state index is 12.0. The number of hydrogen-bond acceptors (Lipinski definition) is 3. The van der Waals surface area contributed by atoms with Crippen LogP contribution in [0.1, 0.15) is 51.4 Å². The van der Waals surface area contributed by atoms with Gasteiger partial charge in [-0.1, -0.05) is 19.3 Å². The molecule has 0 aromatic heterocycles. The topological polar surface area (TPSA) is 78.4 Å². The van der Waals surface area contributed by atoms with E-state index >= 15 is 0 Å². The molecule has 0 radical (unpaired) electrons. The molecule has 0 spiro atoms. The molecule has 5 nitrogen and oxygen atoms in total. The smallest absolute Gasteiger partial charge is 0.315 e. The number of carbonyl (C=O) groups excluding carboxylic acids is 1. The van der Waals surface area contributed by atoms with Gasteiger partial charge < -0.3 is 15.7 Å². The molecule has 0 aromatic rings. The van der Waals surface area contributed by atoms with E-state index in [4.69, 9.17) is 5.11 Å². The Morgan fingerprint density at radius 3 is 2.48 bits per heavy atom. The minimum Gasteiger partial charge on any atom is -0.481 e. The zero-order valence-corrected chi connectivity index (χ0v) is 13.5. The molecule has 3 N–H and O–H groups in total. The van der Waals surface area contributed by atoms with Gasteiger partial charge in [0.05, 0.1) is 6.42 Å². The lowest BCUT2D eigenvalue weighted by molar-refractivity contribution is -0.137. The summed E-state index contributed by atoms with van der Waals surface area (Å²) in [7, 11) is 0. The molecule has 0 bridgehead atoms. The molecular weight excluding hydrogens is 288 g/mol. The van der Waals surface area contributed by atoms with Crippen LogP contribution < -0.4 is 10.6 Å². The number of amides is 2. The number of urea groups is 1. The van der Waals surface area contributed by atoms with Crippen molar-refractivity contribution in [1.82, 2.24) is 10.6 Å². The average Bonchev–Trinajstić information content (AvgIpc) is 3.30. The zero-order valence-electron chi connectivity index (χ0n) is 12.7. The van der Waals surface area contributed by atoms with Crippen LogP contribution in [0, 0.1) is 5.92 Å². The Kier molecular flexibility index (Phi) is 5.79. The number of carboxylic acid groups (broad SMARTS) is 1. The van der Waals surface area contributed by atoms with E-state index in [0.717, 1.165) is 25.7 Å². The molecule has 120 valence electrons. The minimum absolute atomic E-state index is 0.0196. The van der Waals surface area contributed by atoms with Crippen LogP contribution >= 0.6 is 11.8 Å². The van der Waals surface area contributed by atoms with Gasteiger partial charge in [0, 0.05) is 17.3 Å². The van der Waals surface area contributed by atoms with Crippen molar-refractivity contribution in [3.05, 3.63) is 0 Å². The third-order valence-corrected chi connectivity index (χ3v) is 6.09. The maximum Gasteiger partial charge on any atom is 0.315 e. The van der Waals surface area contributed by atoms with Gasteiger partial charge in [-0.15, -0.1) is 0 Å². The first-order chi connectivity index (χ1) is 10.0. The van der Waals surface area contributed by atoms with Crippen molar-refractivity contribution in [3.63, 3.8) is 0 Å². The van der Waals surface area contributed by atoms with Crippen LogP contribution in [0.25, 0.3) is 0 Å². The van der Waals surface area contributed by atoms with Gasteiger partial charge in [0.2, 0.25) is 0 Å². The Morgan fingerprint density at radius 1 is 1.29 bits per heavy atom. The van der Waals surface area contributed by atoms with Crippen LogP contribution in [0.3, 0.4) is 0 Å². The normalized spacial score (nSPS) is 22.3. The summed E-state index contributed by atoms with van der Waals surface area (Å²) < 4.78 is 0.164. The lowest BCUT2D eigenvalue weighted by Gasteiger charge is -2.36. The highest BCUT2D eigenvalue weighted by Crippen LogP contribution is 2.38. The Morgan fingerprint density at radius 2 is 1.95 bits per heavy atom. The first-order valence-corrected chi connectivity index (χ1v) is 9.08. The predicted octanol–water partition coefficient (Wildman–Crippen LogP) is 2.60. The number of rotatable bonds is 7. The van der Waals surface area contributed by atoms with Crippen LogP contribution in [0.2, 0.25) is 0 Å². The Balaban J connectivity index is 1.78. The van der Waals surface area contributed by atoms with Gasteiger partial charge in [-0.25, -0.2) is 4.79 Å². The third-order valence-electron chi connectivity index (χ3n) is 4.67. The van der Waals surface area contributed by atoms with Crippen molar-refractivity contribution < 1.29 is 14.7 Å². The molecule has 1 atom stereocenters. The molecule has 2 aliphatic carbocycles. The lowest BCUT2D eigenvalue weighted by atomic mass is 9.88. The summed E-state index contributed by atoms with van der Waals surface area (Å²) in [6, 6.07) is -0.439. The monoisotopic (exact) mass is 314 g/mol. The van der Waals surface area contributed by atoms with E-state index in [-0.39, 0.29) is 23.2 Å². The molecule has 1 unspecified atom stereocenters. The summed E-state index contributed by atoms with van der Waals surface area (Å²) in [5.74, 6) is -0.504. The molecule has 6 heteroatoms. The zero-order chi connectivity index (χ0) is 15.3. The fourth-order valence-corrected chi connectivity index (χ4v) is 4.05. The van der Waals surface area contributed by atoms with Crippen molar-refractivity contribution in [3.8, 4) is 0 Å². The standard InChI is InChI=1S/C15H26N2O3S/c1-21-15(7-3-2-4-8-15)10-16-14(20)17-12(9-13(18)19)11-5-6-11/h11-12H,2-10H2,1H3,(H,18,19)(H2,16,17,20). The van der Waals surface area contributed by atoms with Crippen molar-refractivity contribution in [2.45, 2.75) is 62.2 Å². The maximum atomic E-state index is 12.0. The van der Waals surface area contributed by atoms with E-state index < -0.39 is 5.97 Å². The highest BCUT2D eigenvalue weighted by atomic mass is 32.2. The number of carbonyl (C=O) groups is 2. The minimum atomic E-state index is -0.847. The van der Waals surface area contributed by atoms with Crippen LogP contribution in [0.15, 0.2) is 0 Å². The molecule has 2 saturated carbocycles. The van der Waals surface area contributed by atoms with Gasteiger partial charge in [0.25, 0.3) is 0 Å². The summed E-state index contributed by atoms with van der Waals surface area (Å²) >= 11 is 1.85. The van der Waals surface area contributed by atoms with Crippen LogP contribution in [-0.4, -0.2) is 40.7 Å². The van der Waals surface area contributed by atoms with Gasteiger partial charge in [-0.05, 0) is 37.9 Å². The summed E-state index contributed by atoms with van der Waals surface area (Å²) in [6.07, 6.45) is 10.2. The molecule has 21 heavy (non-hydrogen) atoms. The van der Waals surface area contributed by atoms with Crippen LogP contribution in [-0.2, 0) is 4.79 Å². The quantitative estimate of drug-likeness (QED) is 0.675. The van der Waals surface area contributed by atoms with E-state index in [2.05, 4.69) is 16.9 Å². The molecule has 0 saturated heterocycles. The SMILES string of the molecule is CSC1(CNC(=O)NC(CC(=O)O)C2CC2)CCCCC1. The predicted molar refractivity (Wildman–Crippen MR) is 84.6 cm³/mol. The fourth-order valence-electron chi connectivity index (χ4n) is 3.13. The average molecular weight is 314 g/mol.